The summed E-state index contributed by atoms with van der Waals surface area (Å²) in [5.41, 5.74) is 6.30. The zero-order chi connectivity index (χ0) is 11.9. The number of fused-ring (bicyclic) bond motifs is 1. The van der Waals surface area contributed by atoms with E-state index in [1.807, 2.05) is 6.07 Å². The van der Waals surface area contributed by atoms with Crippen molar-refractivity contribution in [2.45, 2.75) is 0 Å². The van der Waals surface area contributed by atoms with Gasteiger partial charge in [-0.3, -0.25) is 0 Å². The molecule has 0 unspecified atom stereocenters. The Hall–Kier alpha value is -0.780. The molecule has 0 bridgehead atoms. The van der Waals surface area contributed by atoms with E-state index >= 15 is 0 Å². The Morgan fingerprint density at radius 2 is 2.25 bits per heavy atom. The molecule has 1 aromatic carbocycles. The molecular weight excluding hydrogens is 314 g/mol. The van der Waals surface area contributed by atoms with Crippen LogP contribution in [0.1, 0.15) is 9.67 Å². The fraction of sp³-hybridized carbons (Fsp3) is 0.100. The molecule has 0 aliphatic heterocycles. The van der Waals surface area contributed by atoms with Crippen molar-refractivity contribution in [3.8, 4) is 0 Å². The van der Waals surface area contributed by atoms with E-state index in [9.17, 15) is 4.79 Å². The second kappa shape index (κ2) is 4.24. The number of nitrogen functional groups attached to an aromatic ring is 1. The van der Waals surface area contributed by atoms with Gasteiger partial charge in [-0.25, -0.2) is 4.79 Å². The molecule has 0 saturated carbocycles. The Bertz CT molecular complexity index is 582. The van der Waals surface area contributed by atoms with E-state index < -0.39 is 5.97 Å². The normalized spacial score (nSPS) is 10.7. The van der Waals surface area contributed by atoms with Gasteiger partial charge in [0.15, 0.2) is 0 Å². The number of hydrogen-bond donors (Lipinski definition) is 1. The van der Waals surface area contributed by atoms with E-state index in [0.29, 0.717) is 15.6 Å². The summed E-state index contributed by atoms with van der Waals surface area (Å²) in [6.07, 6.45) is 0. The topological polar surface area (TPSA) is 52.3 Å². The van der Waals surface area contributed by atoms with Gasteiger partial charge in [-0.05, 0) is 12.1 Å². The van der Waals surface area contributed by atoms with Gasteiger partial charge in [-0.2, -0.15) is 0 Å². The molecule has 16 heavy (non-hydrogen) atoms. The lowest BCUT2D eigenvalue weighted by Crippen LogP contribution is -2.01. The van der Waals surface area contributed by atoms with Gasteiger partial charge in [-0.1, -0.05) is 27.5 Å². The van der Waals surface area contributed by atoms with Crippen molar-refractivity contribution in [2.75, 3.05) is 12.8 Å². The van der Waals surface area contributed by atoms with Crippen molar-refractivity contribution in [1.82, 2.24) is 0 Å². The number of methoxy groups -OCH3 is 1. The summed E-state index contributed by atoms with van der Waals surface area (Å²) in [7, 11) is 1.32. The monoisotopic (exact) mass is 319 g/mol. The maximum atomic E-state index is 11.5. The first-order chi connectivity index (χ1) is 7.54. The molecule has 2 aromatic rings. The molecule has 0 aliphatic rings. The van der Waals surface area contributed by atoms with E-state index in [-0.39, 0.29) is 0 Å². The van der Waals surface area contributed by atoms with E-state index in [2.05, 4.69) is 20.7 Å². The van der Waals surface area contributed by atoms with Crippen molar-refractivity contribution in [2.24, 2.45) is 0 Å². The third kappa shape index (κ3) is 1.79. The molecule has 0 aliphatic carbocycles. The molecule has 3 nitrogen and oxygen atoms in total. The van der Waals surface area contributed by atoms with E-state index in [4.69, 9.17) is 17.3 Å². The van der Waals surface area contributed by atoms with Crippen LogP contribution in [0.15, 0.2) is 16.6 Å². The van der Waals surface area contributed by atoms with Gasteiger partial charge in [0.25, 0.3) is 0 Å². The maximum Gasteiger partial charge on any atom is 0.350 e. The van der Waals surface area contributed by atoms with Gasteiger partial charge in [0, 0.05) is 9.86 Å². The van der Waals surface area contributed by atoms with Crippen LogP contribution < -0.4 is 5.73 Å². The van der Waals surface area contributed by atoms with Crippen LogP contribution in [-0.2, 0) is 4.74 Å². The number of ether oxygens (including phenoxy) is 1. The van der Waals surface area contributed by atoms with Crippen molar-refractivity contribution in [3.05, 3.63) is 26.5 Å². The number of esters is 1. The van der Waals surface area contributed by atoms with E-state index in [0.717, 1.165) is 14.6 Å². The van der Waals surface area contributed by atoms with Crippen LogP contribution in [0, 0.1) is 0 Å². The molecule has 2 rings (SSSR count). The number of anilines is 1. The molecule has 0 atom stereocenters. The Kier molecular flexibility index (Phi) is 3.10. The van der Waals surface area contributed by atoms with Crippen LogP contribution in [-0.4, -0.2) is 13.1 Å². The van der Waals surface area contributed by atoms with Gasteiger partial charge < -0.3 is 10.5 Å². The SMILES string of the molecule is COC(=O)c1sc2c(Cl)cc(Br)cc2c1N. The van der Waals surface area contributed by atoms with Crippen molar-refractivity contribution in [3.63, 3.8) is 0 Å². The molecule has 1 aromatic heterocycles. The fourth-order valence-electron chi connectivity index (χ4n) is 1.39. The lowest BCUT2D eigenvalue weighted by molar-refractivity contribution is 0.0607. The Morgan fingerprint density at radius 1 is 1.56 bits per heavy atom. The predicted molar refractivity (Wildman–Crippen MR) is 70.3 cm³/mol. The summed E-state index contributed by atoms with van der Waals surface area (Å²) < 4.78 is 6.27. The molecule has 84 valence electrons. The van der Waals surface area contributed by atoms with Gasteiger partial charge in [0.1, 0.15) is 4.88 Å². The van der Waals surface area contributed by atoms with Crippen LogP contribution in [0.5, 0.6) is 0 Å². The standard InChI is InChI=1S/C10H7BrClNO2S/c1-15-10(14)9-7(13)5-2-4(11)3-6(12)8(5)16-9/h2-3H,13H2,1H3. The molecule has 2 N–H and O–H groups in total. The maximum absolute atomic E-state index is 11.5. The summed E-state index contributed by atoms with van der Waals surface area (Å²) in [6, 6.07) is 3.60. The third-order valence-corrected chi connectivity index (χ3v) is 4.22. The van der Waals surface area contributed by atoms with E-state index in [1.54, 1.807) is 6.07 Å². The summed E-state index contributed by atoms with van der Waals surface area (Å²) in [5.74, 6) is -0.439. The molecule has 0 radical (unpaired) electrons. The predicted octanol–water partition coefficient (Wildman–Crippen LogP) is 3.69. The zero-order valence-electron chi connectivity index (χ0n) is 8.21. The number of hydrogen-bond acceptors (Lipinski definition) is 4. The third-order valence-electron chi connectivity index (χ3n) is 2.12. The first kappa shape index (κ1) is 11.7. The first-order valence-corrected chi connectivity index (χ1v) is 6.28. The second-order valence-electron chi connectivity index (χ2n) is 3.10. The van der Waals surface area contributed by atoms with E-state index in [1.165, 1.54) is 18.4 Å². The van der Waals surface area contributed by atoms with Crippen molar-refractivity contribution < 1.29 is 9.53 Å². The van der Waals surface area contributed by atoms with Crippen LogP contribution in [0.4, 0.5) is 5.69 Å². The molecule has 0 saturated heterocycles. The first-order valence-electron chi connectivity index (χ1n) is 4.30. The highest BCUT2D eigenvalue weighted by Crippen LogP contribution is 2.40. The minimum absolute atomic E-state index is 0.387. The minimum Gasteiger partial charge on any atom is -0.465 e. The molecule has 6 heteroatoms. The van der Waals surface area contributed by atoms with Gasteiger partial charge in [0.2, 0.25) is 0 Å². The van der Waals surface area contributed by atoms with Crippen LogP contribution in [0.2, 0.25) is 5.02 Å². The summed E-state index contributed by atoms with van der Waals surface area (Å²) >= 11 is 10.6. The molecule has 0 amide bonds. The largest absolute Gasteiger partial charge is 0.465 e. The number of benzene rings is 1. The number of rotatable bonds is 1. The van der Waals surface area contributed by atoms with Gasteiger partial charge >= 0.3 is 5.97 Å². The smallest absolute Gasteiger partial charge is 0.350 e. The quantitative estimate of drug-likeness (QED) is 0.815. The summed E-state index contributed by atoms with van der Waals surface area (Å²) in [4.78, 5) is 11.8. The number of carbonyl (C=O) groups is 1. The number of halogens is 2. The highest BCUT2D eigenvalue weighted by atomic mass is 79.9. The average Bonchev–Trinajstić information content (AvgIpc) is 2.56. The lowest BCUT2D eigenvalue weighted by Gasteiger charge is -1.97. The number of nitrogens with two attached hydrogens (primary N) is 1. The lowest BCUT2D eigenvalue weighted by atomic mass is 10.2. The van der Waals surface area contributed by atoms with Crippen LogP contribution in [0.3, 0.4) is 0 Å². The van der Waals surface area contributed by atoms with Gasteiger partial charge in [-0.15, -0.1) is 11.3 Å². The summed E-state index contributed by atoms with van der Waals surface area (Å²) in [6.45, 7) is 0. The zero-order valence-corrected chi connectivity index (χ0v) is 11.4. The Labute approximate surface area is 109 Å². The molecule has 0 spiro atoms. The van der Waals surface area contributed by atoms with Crippen molar-refractivity contribution >= 4 is 60.6 Å². The molecular formula is C10H7BrClNO2S. The number of thiophene rings is 1. The van der Waals surface area contributed by atoms with Crippen molar-refractivity contribution in [1.29, 1.82) is 0 Å². The Morgan fingerprint density at radius 3 is 2.88 bits per heavy atom. The second-order valence-corrected chi connectivity index (χ2v) is 5.44. The highest BCUT2D eigenvalue weighted by molar-refractivity contribution is 9.10. The summed E-state index contributed by atoms with van der Waals surface area (Å²) in [5, 5.41) is 1.33. The fourth-order valence-corrected chi connectivity index (χ4v) is 3.34. The van der Waals surface area contributed by atoms with Crippen LogP contribution in [0.25, 0.3) is 10.1 Å². The average molecular weight is 321 g/mol. The van der Waals surface area contributed by atoms with Gasteiger partial charge in [0.05, 0.1) is 22.5 Å². The minimum atomic E-state index is -0.439. The Balaban J connectivity index is 2.77. The molecule has 1 heterocycles. The number of carbonyl (C=O) groups excluding carboxylic acids is 1. The molecule has 0 fully saturated rings. The highest BCUT2D eigenvalue weighted by Gasteiger charge is 2.18. The van der Waals surface area contributed by atoms with Crippen LogP contribution >= 0.6 is 38.9 Å².